The fourth-order valence-corrected chi connectivity index (χ4v) is 2.76. The third kappa shape index (κ3) is 5.93. The van der Waals surface area contributed by atoms with E-state index in [4.69, 9.17) is 9.47 Å². The molecule has 0 unspecified atom stereocenters. The zero-order valence-electron chi connectivity index (χ0n) is 16.5. The van der Waals surface area contributed by atoms with Gasteiger partial charge in [0.1, 0.15) is 17.8 Å². The molecule has 0 aliphatic heterocycles. The largest absolute Gasteiger partial charge is 0.497 e. The van der Waals surface area contributed by atoms with Crippen LogP contribution in [-0.2, 0) is 13.0 Å². The first-order valence-electron chi connectivity index (χ1n) is 9.28. The lowest BCUT2D eigenvalue weighted by Crippen LogP contribution is -2.36. The van der Waals surface area contributed by atoms with Crippen molar-refractivity contribution >= 4 is 6.03 Å². The highest BCUT2D eigenvalue weighted by atomic mass is 16.5. The average Bonchev–Trinajstić information content (AvgIpc) is 2.78. The zero-order valence-corrected chi connectivity index (χ0v) is 16.5. The lowest BCUT2D eigenvalue weighted by Gasteiger charge is -2.09. The summed E-state index contributed by atoms with van der Waals surface area (Å²) in [6.07, 6.45) is 2.24. The van der Waals surface area contributed by atoms with E-state index >= 15 is 0 Å². The number of nitrogens with zero attached hydrogens (tertiary/aromatic N) is 2. The molecule has 3 aromatic rings. The van der Waals surface area contributed by atoms with Gasteiger partial charge in [-0.1, -0.05) is 12.1 Å². The number of amides is 2. The fourth-order valence-electron chi connectivity index (χ4n) is 2.76. The van der Waals surface area contributed by atoms with E-state index < -0.39 is 0 Å². The lowest BCUT2D eigenvalue weighted by molar-refractivity contribution is 0.240. The van der Waals surface area contributed by atoms with Crippen LogP contribution in [0.25, 0.3) is 11.3 Å². The van der Waals surface area contributed by atoms with Crippen LogP contribution in [0.5, 0.6) is 11.5 Å². The molecule has 2 N–H and O–H groups in total. The smallest absolute Gasteiger partial charge is 0.315 e. The number of carbonyl (C=O) groups is 1. The number of aromatic nitrogens is 2. The molecule has 7 nitrogen and oxygen atoms in total. The average molecular weight is 392 g/mol. The third-order valence-electron chi connectivity index (χ3n) is 4.40. The van der Waals surface area contributed by atoms with Crippen molar-refractivity contribution in [2.24, 2.45) is 0 Å². The first kappa shape index (κ1) is 20.1. The molecule has 2 aromatic carbocycles. The number of carbonyl (C=O) groups excluding carboxylic acids is 1. The summed E-state index contributed by atoms with van der Waals surface area (Å²) < 4.78 is 10.3. The Morgan fingerprint density at radius 3 is 2.21 bits per heavy atom. The standard InChI is InChI=1S/C22H24N4O3/c1-28-19-7-3-16(4-8-19)11-12-23-22(27)24-14-18-13-21(26-15-25-18)17-5-9-20(29-2)10-6-17/h3-10,13,15H,11-12,14H2,1-2H3,(H2,23,24,27). The van der Waals surface area contributed by atoms with Crippen LogP contribution in [0.4, 0.5) is 4.79 Å². The molecule has 0 radical (unpaired) electrons. The molecular weight excluding hydrogens is 368 g/mol. The van der Waals surface area contributed by atoms with Gasteiger partial charge in [-0.15, -0.1) is 0 Å². The van der Waals surface area contributed by atoms with E-state index in [1.165, 1.54) is 6.33 Å². The molecule has 0 bridgehead atoms. The molecule has 1 heterocycles. The van der Waals surface area contributed by atoms with E-state index in [0.29, 0.717) is 13.1 Å². The predicted octanol–water partition coefficient (Wildman–Crippen LogP) is 3.20. The number of methoxy groups -OCH3 is 2. The number of urea groups is 1. The highest BCUT2D eigenvalue weighted by Gasteiger charge is 2.05. The molecule has 0 aliphatic rings. The third-order valence-corrected chi connectivity index (χ3v) is 4.40. The Morgan fingerprint density at radius 1 is 0.897 bits per heavy atom. The van der Waals surface area contributed by atoms with Crippen LogP contribution in [0, 0.1) is 0 Å². The number of benzene rings is 2. The maximum Gasteiger partial charge on any atom is 0.315 e. The molecule has 1 aromatic heterocycles. The SMILES string of the molecule is COc1ccc(CCNC(=O)NCc2cc(-c3ccc(OC)cc3)ncn2)cc1. The number of hydrogen-bond acceptors (Lipinski definition) is 5. The molecular formula is C22H24N4O3. The molecule has 150 valence electrons. The van der Waals surface area contributed by atoms with Gasteiger partial charge in [-0.25, -0.2) is 14.8 Å². The zero-order chi connectivity index (χ0) is 20.5. The monoisotopic (exact) mass is 392 g/mol. The molecule has 0 saturated heterocycles. The van der Waals surface area contributed by atoms with Crippen LogP contribution in [0.1, 0.15) is 11.3 Å². The maximum absolute atomic E-state index is 12.0. The fraction of sp³-hybridized carbons (Fsp3) is 0.227. The van der Waals surface area contributed by atoms with Crippen molar-refractivity contribution in [2.75, 3.05) is 20.8 Å². The number of hydrogen-bond donors (Lipinski definition) is 2. The predicted molar refractivity (Wildman–Crippen MR) is 111 cm³/mol. The summed E-state index contributed by atoms with van der Waals surface area (Å²) in [6.45, 7) is 0.860. The molecule has 0 saturated carbocycles. The van der Waals surface area contributed by atoms with Crippen LogP contribution in [-0.4, -0.2) is 36.8 Å². The van der Waals surface area contributed by atoms with Crippen LogP contribution in [0.15, 0.2) is 60.9 Å². The Balaban J connectivity index is 1.47. The minimum atomic E-state index is -0.233. The van der Waals surface area contributed by atoms with Crippen molar-refractivity contribution in [1.29, 1.82) is 0 Å². The van der Waals surface area contributed by atoms with Crippen molar-refractivity contribution in [3.8, 4) is 22.8 Å². The van der Waals surface area contributed by atoms with Crippen molar-refractivity contribution in [3.05, 3.63) is 72.2 Å². The minimum absolute atomic E-state index is 0.233. The molecule has 0 aliphatic carbocycles. The van der Waals surface area contributed by atoms with E-state index in [-0.39, 0.29) is 6.03 Å². The van der Waals surface area contributed by atoms with E-state index in [0.717, 1.165) is 40.4 Å². The van der Waals surface area contributed by atoms with Crippen LogP contribution < -0.4 is 20.1 Å². The second-order valence-electron chi connectivity index (χ2n) is 6.33. The topological polar surface area (TPSA) is 85.4 Å². The lowest BCUT2D eigenvalue weighted by atomic mass is 10.1. The van der Waals surface area contributed by atoms with Gasteiger partial charge in [0.05, 0.1) is 32.2 Å². The van der Waals surface area contributed by atoms with E-state index in [1.54, 1.807) is 14.2 Å². The van der Waals surface area contributed by atoms with Crippen molar-refractivity contribution in [3.63, 3.8) is 0 Å². The summed E-state index contributed by atoms with van der Waals surface area (Å²) in [4.78, 5) is 20.6. The van der Waals surface area contributed by atoms with Gasteiger partial charge in [0, 0.05) is 12.1 Å². The number of rotatable bonds is 8. The van der Waals surface area contributed by atoms with E-state index in [9.17, 15) is 4.79 Å². The summed E-state index contributed by atoms with van der Waals surface area (Å²) in [5.41, 5.74) is 3.61. The Hall–Kier alpha value is -3.61. The molecule has 0 fully saturated rings. The van der Waals surface area contributed by atoms with Gasteiger partial charge in [-0.3, -0.25) is 0 Å². The first-order valence-corrected chi connectivity index (χ1v) is 9.28. The molecule has 0 atom stereocenters. The highest BCUT2D eigenvalue weighted by Crippen LogP contribution is 2.20. The van der Waals surface area contributed by atoms with Crippen molar-refractivity contribution in [1.82, 2.24) is 20.6 Å². The normalized spacial score (nSPS) is 10.3. The quantitative estimate of drug-likeness (QED) is 0.615. The Kier molecular flexibility index (Phi) is 7.00. The van der Waals surface area contributed by atoms with Crippen LogP contribution in [0.2, 0.25) is 0 Å². The van der Waals surface area contributed by atoms with Gasteiger partial charge in [0.2, 0.25) is 0 Å². The van der Waals surface area contributed by atoms with Gasteiger partial charge in [-0.2, -0.15) is 0 Å². The summed E-state index contributed by atoms with van der Waals surface area (Å²) >= 11 is 0. The summed E-state index contributed by atoms with van der Waals surface area (Å²) in [5, 5.41) is 5.67. The van der Waals surface area contributed by atoms with Gasteiger partial charge in [-0.05, 0) is 54.4 Å². The first-order chi connectivity index (χ1) is 14.2. The molecule has 2 amide bonds. The highest BCUT2D eigenvalue weighted by molar-refractivity contribution is 5.73. The van der Waals surface area contributed by atoms with Gasteiger partial charge in [0.25, 0.3) is 0 Å². The number of ether oxygens (including phenoxy) is 2. The second-order valence-corrected chi connectivity index (χ2v) is 6.33. The molecule has 29 heavy (non-hydrogen) atoms. The summed E-state index contributed by atoms with van der Waals surface area (Å²) in [7, 11) is 3.27. The van der Waals surface area contributed by atoms with Crippen LogP contribution in [0.3, 0.4) is 0 Å². The Labute approximate surface area is 170 Å². The van der Waals surface area contributed by atoms with E-state index in [2.05, 4.69) is 20.6 Å². The molecule has 7 heteroatoms. The second kappa shape index (κ2) is 10.1. The summed E-state index contributed by atoms with van der Waals surface area (Å²) in [5.74, 6) is 1.61. The maximum atomic E-state index is 12.0. The van der Waals surface area contributed by atoms with E-state index in [1.807, 2.05) is 54.6 Å². The minimum Gasteiger partial charge on any atom is -0.497 e. The Morgan fingerprint density at radius 2 is 1.55 bits per heavy atom. The number of nitrogens with one attached hydrogen (secondary N) is 2. The van der Waals surface area contributed by atoms with Crippen LogP contribution >= 0.6 is 0 Å². The molecule has 0 spiro atoms. The van der Waals surface area contributed by atoms with Gasteiger partial charge >= 0.3 is 6.03 Å². The van der Waals surface area contributed by atoms with Crippen molar-refractivity contribution < 1.29 is 14.3 Å². The van der Waals surface area contributed by atoms with Crippen molar-refractivity contribution in [2.45, 2.75) is 13.0 Å². The molecule has 3 rings (SSSR count). The van der Waals surface area contributed by atoms with Gasteiger partial charge in [0.15, 0.2) is 0 Å². The summed E-state index contributed by atoms with van der Waals surface area (Å²) in [6, 6.07) is 17.0. The van der Waals surface area contributed by atoms with Gasteiger partial charge < -0.3 is 20.1 Å². The Bertz CT molecular complexity index is 928.